The number of hydrogen-bond acceptors (Lipinski definition) is 3. The second kappa shape index (κ2) is 6.57. The lowest BCUT2D eigenvalue weighted by molar-refractivity contribution is 0.970. The van der Waals surface area contributed by atoms with Crippen LogP contribution in [-0.4, -0.2) is 11.5 Å². The van der Waals surface area contributed by atoms with Gasteiger partial charge in [-0.1, -0.05) is 25.1 Å². The number of halogens is 1. The summed E-state index contributed by atoms with van der Waals surface area (Å²) in [6.45, 7) is 5.14. The molecular formula is C15H18BrN3. The fourth-order valence-corrected chi connectivity index (χ4v) is 2.10. The number of benzene rings is 1. The Bertz CT molecular complexity index is 555. The Labute approximate surface area is 122 Å². The molecule has 1 aromatic heterocycles. The Balaban J connectivity index is 2.16. The van der Waals surface area contributed by atoms with Gasteiger partial charge in [-0.2, -0.15) is 0 Å². The summed E-state index contributed by atoms with van der Waals surface area (Å²) in [4.78, 5) is 4.53. The molecule has 0 radical (unpaired) electrons. The molecule has 100 valence electrons. The Hall–Kier alpha value is -1.55. The summed E-state index contributed by atoms with van der Waals surface area (Å²) in [7, 11) is 0. The van der Waals surface area contributed by atoms with Gasteiger partial charge in [-0.3, -0.25) is 0 Å². The lowest BCUT2D eigenvalue weighted by Crippen LogP contribution is -2.03. The molecule has 0 spiro atoms. The molecule has 0 aliphatic carbocycles. The van der Waals surface area contributed by atoms with Crippen molar-refractivity contribution < 1.29 is 0 Å². The van der Waals surface area contributed by atoms with E-state index in [9.17, 15) is 0 Å². The third kappa shape index (κ3) is 3.70. The summed E-state index contributed by atoms with van der Waals surface area (Å²) >= 11 is 3.59. The van der Waals surface area contributed by atoms with Crippen molar-refractivity contribution in [1.29, 1.82) is 0 Å². The van der Waals surface area contributed by atoms with Crippen molar-refractivity contribution in [3.05, 3.63) is 46.4 Å². The SMILES string of the molecule is CCCNc1cccc(Nc2cccc(C)c2Br)n1. The van der Waals surface area contributed by atoms with Crippen LogP contribution in [0.5, 0.6) is 0 Å². The van der Waals surface area contributed by atoms with E-state index in [2.05, 4.69) is 51.5 Å². The van der Waals surface area contributed by atoms with E-state index in [-0.39, 0.29) is 0 Å². The number of aryl methyl sites for hydroxylation is 1. The van der Waals surface area contributed by atoms with Crippen LogP contribution in [0.25, 0.3) is 0 Å². The van der Waals surface area contributed by atoms with Gasteiger partial charge < -0.3 is 10.6 Å². The van der Waals surface area contributed by atoms with Crippen molar-refractivity contribution in [2.75, 3.05) is 17.2 Å². The highest BCUT2D eigenvalue weighted by Crippen LogP contribution is 2.28. The summed E-state index contributed by atoms with van der Waals surface area (Å²) < 4.78 is 1.07. The quantitative estimate of drug-likeness (QED) is 0.837. The van der Waals surface area contributed by atoms with Gasteiger partial charge in [0.15, 0.2) is 0 Å². The van der Waals surface area contributed by atoms with Crippen molar-refractivity contribution in [3.8, 4) is 0 Å². The molecule has 0 aliphatic rings. The number of aromatic nitrogens is 1. The molecule has 1 aromatic carbocycles. The number of nitrogens with one attached hydrogen (secondary N) is 2. The molecule has 0 bridgehead atoms. The van der Waals surface area contributed by atoms with Gasteiger partial charge in [0.1, 0.15) is 11.6 Å². The van der Waals surface area contributed by atoms with Gasteiger partial charge in [0, 0.05) is 11.0 Å². The molecule has 2 aromatic rings. The molecule has 0 aliphatic heterocycles. The van der Waals surface area contributed by atoms with Gasteiger partial charge in [-0.25, -0.2) is 4.98 Å². The van der Waals surface area contributed by atoms with Crippen LogP contribution >= 0.6 is 15.9 Å². The van der Waals surface area contributed by atoms with Crippen molar-refractivity contribution in [1.82, 2.24) is 4.98 Å². The number of hydrogen-bond donors (Lipinski definition) is 2. The summed E-state index contributed by atoms with van der Waals surface area (Å²) in [6, 6.07) is 12.1. The fraction of sp³-hybridized carbons (Fsp3) is 0.267. The van der Waals surface area contributed by atoms with Crippen LogP contribution in [0.1, 0.15) is 18.9 Å². The van der Waals surface area contributed by atoms with Gasteiger partial charge in [0.25, 0.3) is 0 Å². The van der Waals surface area contributed by atoms with Crippen LogP contribution in [0, 0.1) is 6.92 Å². The first-order chi connectivity index (χ1) is 9.20. The lowest BCUT2D eigenvalue weighted by atomic mass is 10.2. The maximum atomic E-state index is 4.53. The van der Waals surface area contributed by atoms with Crippen molar-refractivity contribution >= 4 is 33.3 Å². The fourth-order valence-electron chi connectivity index (χ4n) is 1.74. The summed E-state index contributed by atoms with van der Waals surface area (Å²) in [5, 5.41) is 6.62. The van der Waals surface area contributed by atoms with E-state index >= 15 is 0 Å². The zero-order valence-electron chi connectivity index (χ0n) is 11.2. The normalized spacial score (nSPS) is 10.3. The Morgan fingerprint density at radius 1 is 1.11 bits per heavy atom. The first-order valence-corrected chi connectivity index (χ1v) is 7.23. The van der Waals surface area contributed by atoms with E-state index in [1.165, 1.54) is 5.56 Å². The molecule has 2 rings (SSSR count). The molecule has 0 saturated heterocycles. The highest BCUT2D eigenvalue weighted by Gasteiger charge is 2.03. The predicted molar refractivity (Wildman–Crippen MR) is 85.2 cm³/mol. The number of anilines is 3. The van der Waals surface area contributed by atoms with Gasteiger partial charge in [0.2, 0.25) is 0 Å². The van der Waals surface area contributed by atoms with E-state index in [0.29, 0.717) is 0 Å². The molecule has 0 atom stereocenters. The zero-order valence-corrected chi connectivity index (χ0v) is 12.8. The molecule has 4 heteroatoms. The standard InChI is InChI=1S/C15H18BrN3/c1-3-10-17-13-8-5-9-14(19-13)18-12-7-4-6-11(2)15(12)16/h4-9H,3,10H2,1-2H3,(H2,17,18,19). The molecule has 1 heterocycles. The van der Waals surface area contributed by atoms with Crippen LogP contribution in [0.2, 0.25) is 0 Å². The summed E-state index contributed by atoms with van der Waals surface area (Å²) in [5.74, 6) is 1.74. The van der Waals surface area contributed by atoms with Crippen molar-refractivity contribution in [2.45, 2.75) is 20.3 Å². The van der Waals surface area contributed by atoms with E-state index < -0.39 is 0 Å². The first kappa shape index (κ1) is 13.9. The molecular weight excluding hydrogens is 302 g/mol. The molecule has 0 unspecified atom stereocenters. The van der Waals surface area contributed by atoms with Gasteiger partial charge >= 0.3 is 0 Å². The maximum absolute atomic E-state index is 4.53. The highest BCUT2D eigenvalue weighted by molar-refractivity contribution is 9.10. The molecule has 0 amide bonds. The zero-order chi connectivity index (χ0) is 13.7. The smallest absolute Gasteiger partial charge is 0.132 e. The average Bonchev–Trinajstić information content (AvgIpc) is 2.42. The van der Waals surface area contributed by atoms with Gasteiger partial charge in [0.05, 0.1) is 5.69 Å². The second-order valence-corrected chi connectivity index (χ2v) is 5.19. The largest absolute Gasteiger partial charge is 0.370 e. The molecule has 0 saturated carbocycles. The average molecular weight is 320 g/mol. The minimum atomic E-state index is 0.840. The third-order valence-corrected chi connectivity index (χ3v) is 3.81. The van der Waals surface area contributed by atoms with Crippen LogP contribution in [0.3, 0.4) is 0 Å². The second-order valence-electron chi connectivity index (χ2n) is 4.40. The summed E-state index contributed by atoms with van der Waals surface area (Å²) in [6.07, 6.45) is 1.09. The van der Waals surface area contributed by atoms with E-state index in [0.717, 1.165) is 34.8 Å². The van der Waals surface area contributed by atoms with Crippen molar-refractivity contribution in [2.24, 2.45) is 0 Å². The lowest BCUT2D eigenvalue weighted by Gasteiger charge is -2.11. The molecule has 3 nitrogen and oxygen atoms in total. The van der Waals surface area contributed by atoms with E-state index in [1.807, 2.05) is 30.3 Å². The molecule has 2 N–H and O–H groups in total. The number of rotatable bonds is 5. The van der Waals surface area contributed by atoms with Crippen LogP contribution in [-0.2, 0) is 0 Å². The first-order valence-electron chi connectivity index (χ1n) is 6.43. The minimum absolute atomic E-state index is 0.840. The van der Waals surface area contributed by atoms with Crippen molar-refractivity contribution in [3.63, 3.8) is 0 Å². The minimum Gasteiger partial charge on any atom is -0.370 e. The highest BCUT2D eigenvalue weighted by atomic mass is 79.9. The van der Waals surface area contributed by atoms with Crippen LogP contribution in [0.4, 0.5) is 17.3 Å². The van der Waals surface area contributed by atoms with E-state index in [1.54, 1.807) is 0 Å². The summed E-state index contributed by atoms with van der Waals surface area (Å²) in [5.41, 5.74) is 2.23. The van der Waals surface area contributed by atoms with Gasteiger partial charge in [-0.15, -0.1) is 0 Å². The Morgan fingerprint density at radius 2 is 1.84 bits per heavy atom. The molecule has 19 heavy (non-hydrogen) atoms. The van der Waals surface area contributed by atoms with Gasteiger partial charge in [-0.05, 0) is 53.0 Å². The number of pyridine rings is 1. The molecule has 0 fully saturated rings. The van der Waals surface area contributed by atoms with E-state index in [4.69, 9.17) is 0 Å². The Kier molecular flexibility index (Phi) is 4.80. The monoisotopic (exact) mass is 319 g/mol. The Morgan fingerprint density at radius 3 is 2.63 bits per heavy atom. The van der Waals surface area contributed by atoms with Crippen LogP contribution in [0.15, 0.2) is 40.9 Å². The predicted octanol–water partition coefficient (Wildman–Crippen LogP) is 4.72. The maximum Gasteiger partial charge on any atom is 0.132 e. The topological polar surface area (TPSA) is 37.0 Å². The van der Waals surface area contributed by atoms with Crippen LogP contribution < -0.4 is 10.6 Å². The number of nitrogens with zero attached hydrogens (tertiary/aromatic N) is 1. The third-order valence-electron chi connectivity index (χ3n) is 2.76.